The monoisotopic (exact) mass is 598 g/mol. The van der Waals surface area contributed by atoms with Gasteiger partial charge < -0.3 is 34.3 Å². The summed E-state index contributed by atoms with van der Waals surface area (Å²) >= 11 is 0. The highest BCUT2D eigenvalue weighted by atomic mass is 16.6. The smallest absolute Gasteiger partial charge is 0.311 e. The molecule has 0 saturated carbocycles. The number of esters is 4. The largest absolute Gasteiger partial charge is 0.464 e. The van der Waals surface area contributed by atoms with Crippen molar-refractivity contribution in [2.24, 2.45) is 27.1 Å². The van der Waals surface area contributed by atoms with Gasteiger partial charge in [0.15, 0.2) is 0 Å². The third-order valence-electron chi connectivity index (χ3n) is 4.49. The Kier molecular flexibility index (Phi) is 26.5. The van der Waals surface area contributed by atoms with Gasteiger partial charge in [-0.3, -0.25) is 19.2 Å². The summed E-state index contributed by atoms with van der Waals surface area (Å²) in [6.45, 7) is 23.4. The Bertz CT molecular complexity index is 591. The van der Waals surface area contributed by atoms with E-state index in [4.69, 9.17) is 34.3 Å². The molecule has 0 bridgehead atoms. The molecular weight excluding hydrogens is 536 g/mol. The molecule has 0 unspecified atom stereocenters. The molecule has 0 rings (SSSR count). The van der Waals surface area contributed by atoms with Gasteiger partial charge in [0, 0.05) is 21.3 Å². The lowest BCUT2D eigenvalue weighted by Crippen LogP contribution is -2.46. The Hall–Kier alpha value is -2.24. The van der Waals surface area contributed by atoms with Crippen molar-refractivity contribution in [3.63, 3.8) is 0 Å². The molecule has 0 aliphatic carbocycles. The summed E-state index contributed by atoms with van der Waals surface area (Å²) in [7, 11) is 3.00. The van der Waals surface area contributed by atoms with Gasteiger partial charge in [-0.2, -0.15) is 0 Å². The van der Waals surface area contributed by atoms with Crippen LogP contribution in [0.5, 0.6) is 0 Å². The van der Waals surface area contributed by atoms with Crippen molar-refractivity contribution in [2.75, 3.05) is 47.8 Å². The topological polar surface area (TPSA) is 166 Å². The highest BCUT2D eigenvalue weighted by Crippen LogP contribution is 2.28. The van der Waals surface area contributed by atoms with Crippen molar-refractivity contribution in [3.8, 4) is 0 Å². The molecule has 0 aromatic rings. The van der Waals surface area contributed by atoms with E-state index >= 15 is 0 Å². The molecule has 11 heteroatoms. The third kappa shape index (κ3) is 23.1. The quantitative estimate of drug-likeness (QED) is 0.271. The predicted molar refractivity (Wildman–Crippen MR) is 160 cm³/mol. The highest BCUT2D eigenvalue weighted by molar-refractivity contribution is 5.77. The summed E-state index contributed by atoms with van der Waals surface area (Å²) < 4.78 is 22.1. The van der Waals surface area contributed by atoms with Crippen LogP contribution in [-0.2, 0) is 38.1 Å². The van der Waals surface area contributed by atoms with Crippen LogP contribution in [0.25, 0.3) is 0 Å². The molecule has 0 fully saturated rings. The molecule has 248 valence electrons. The highest BCUT2D eigenvalue weighted by Gasteiger charge is 2.41. The number of hydrogen-bond acceptors (Lipinski definition) is 11. The van der Waals surface area contributed by atoms with E-state index in [2.05, 4.69) is 0 Å². The van der Waals surface area contributed by atoms with E-state index in [1.54, 1.807) is 83.1 Å². The van der Waals surface area contributed by atoms with E-state index in [-0.39, 0.29) is 26.4 Å². The van der Waals surface area contributed by atoms with Crippen LogP contribution in [0.3, 0.4) is 0 Å². The summed E-state index contributed by atoms with van der Waals surface area (Å²) in [6, 6.07) is 0. The lowest BCUT2D eigenvalue weighted by Gasteiger charge is -2.34. The van der Waals surface area contributed by atoms with E-state index in [0.29, 0.717) is 0 Å². The van der Waals surface area contributed by atoms with E-state index in [9.17, 15) is 19.2 Å². The van der Waals surface area contributed by atoms with Crippen LogP contribution in [0.4, 0.5) is 0 Å². The fourth-order valence-electron chi connectivity index (χ4n) is 1.99. The molecule has 41 heavy (non-hydrogen) atoms. The zero-order valence-corrected chi connectivity index (χ0v) is 28.9. The molecule has 3 N–H and O–H groups in total. The van der Waals surface area contributed by atoms with Crippen LogP contribution in [0.1, 0.15) is 96.9 Å². The minimum atomic E-state index is -1.27. The molecule has 0 atom stereocenters. The van der Waals surface area contributed by atoms with Crippen molar-refractivity contribution in [2.45, 2.75) is 96.9 Å². The maximum Gasteiger partial charge on any atom is 0.311 e. The minimum Gasteiger partial charge on any atom is -0.464 e. The second-order valence-corrected chi connectivity index (χ2v) is 12.8. The van der Waals surface area contributed by atoms with E-state index in [1.807, 2.05) is 13.8 Å². The van der Waals surface area contributed by atoms with Crippen LogP contribution in [-0.4, -0.2) is 87.0 Å². The first-order valence-electron chi connectivity index (χ1n) is 13.5. The standard InChI is InChI=1S/C25H44O8.C2H6.3CH4O/c1-21(2,3)17(26)30-13-25(14-31-18(27)22(4,5)6,15-32-19(28)23(7,8)9)16-33-20(29)24(10,11)12;4*1-2/h13-16H2,1-12H3;1-2H3;3*2H,1H3. The summed E-state index contributed by atoms with van der Waals surface area (Å²) in [6.07, 6.45) is 0. The van der Waals surface area contributed by atoms with Crippen molar-refractivity contribution in [1.82, 2.24) is 0 Å². The minimum absolute atomic E-state index is 0.268. The molecule has 0 radical (unpaired) electrons. The molecule has 11 nitrogen and oxygen atoms in total. The van der Waals surface area contributed by atoms with Gasteiger partial charge in [-0.15, -0.1) is 0 Å². The zero-order chi connectivity index (χ0) is 34.5. The molecule has 0 heterocycles. The van der Waals surface area contributed by atoms with Crippen molar-refractivity contribution < 1.29 is 53.4 Å². The summed E-state index contributed by atoms with van der Waals surface area (Å²) in [5.74, 6) is -1.95. The lowest BCUT2D eigenvalue weighted by molar-refractivity contribution is -0.181. The first-order chi connectivity index (χ1) is 18.5. The average Bonchev–Trinajstić information content (AvgIpc) is 2.89. The number of rotatable bonds is 8. The molecule has 0 saturated heterocycles. The molecule has 0 amide bonds. The summed E-state index contributed by atoms with van der Waals surface area (Å²) in [5.41, 5.74) is -4.39. The van der Waals surface area contributed by atoms with Gasteiger partial charge in [0.1, 0.15) is 31.8 Å². The van der Waals surface area contributed by atoms with Gasteiger partial charge in [0.2, 0.25) is 0 Å². The predicted octanol–water partition coefficient (Wildman–Crippen LogP) is 4.18. The molecular formula is C30H62O11. The van der Waals surface area contributed by atoms with Crippen molar-refractivity contribution in [3.05, 3.63) is 0 Å². The second kappa shape index (κ2) is 22.4. The zero-order valence-electron chi connectivity index (χ0n) is 28.9. The normalized spacial score (nSPS) is 11.2. The number of aliphatic hydroxyl groups excluding tert-OH is 3. The first-order valence-corrected chi connectivity index (χ1v) is 13.5. The molecule has 0 aromatic heterocycles. The SMILES string of the molecule is CC.CC(C)(C)C(=O)OCC(COC(=O)C(C)(C)C)(COC(=O)C(C)(C)C)COC(=O)C(C)(C)C.CO.CO.CO. The van der Waals surface area contributed by atoms with Gasteiger partial charge in [0.05, 0.1) is 21.7 Å². The van der Waals surface area contributed by atoms with E-state index in [1.165, 1.54) is 0 Å². The Labute approximate surface area is 249 Å². The van der Waals surface area contributed by atoms with Gasteiger partial charge in [-0.1, -0.05) is 13.8 Å². The van der Waals surface area contributed by atoms with E-state index < -0.39 is 51.0 Å². The number of aliphatic hydroxyl groups is 3. The maximum atomic E-state index is 12.5. The third-order valence-corrected chi connectivity index (χ3v) is 4.49. The van der Waals surface area contributed by atoms with E-state index in [0.717, 1.165) is 21.3 Å². The number of carbonyl (C=O) groups is 4. The van der Waals surface area contributed by atoms with Crippen LogP contribution < -0.4 is 0 Å². The van der Waals surface area contributed by atoms with Gasteiger partial charge in [-0.05, 0) is 83.1 Å². The number of ether oxygens (including phenoxy) is 4. The Morgan fingerprint density at radius 3 is 0.610 bits per heavy atom. The maximum absolute atomic E-state index is 12.5. The van der Waals surface area contributed by atoms with Gasteiger partial charge in [-0.25, -0.2) is 0 Å². The first kappa shape index (κ1) is 48.5. The Balaban J connectivity index is -0.000000492. The molecule has 0 spiro atoms. The summed E-state index contributed by atoms with van der Waals surface area (Å²) in [5, 5.41) is 21.0. The van der Waals surface area contributed by atoms with Crippen molar-refractivity contribution in [1.29, 1.82) is 0 Å². The molecule has 0 aromatic carbocycles. The van der Waals surface area contributed by atoms with Gasteiger partial charge in [0.25, 0.3) is 0 Å². The molecule has 0 aliphatic heterocycles. The van der Waals surface area contributed by atoms with Crippen LogP contribution in [0, 0.1) is 27.1 Å². The van der Waals surface area contributed by atoms with Crippen LogP contribution >= 0.6 is 0 Å². The van der Waals surface area contributed by atoms with Crippen LogP contribution in [0.15, 0.2) is 0 Å². The fourth-order valence-corrected chi connectivity index (χ4v) is 1.99. The lowest BCUT2D eigenvalue weighted by atomic mass is 9.90. The molecule has 0 aliphatic rings. The Morgan fingerprint density at radius 2 is 0.512 bits per heavy atom. The number of carbonyl (C=O) groups excluding carboxylic acids is 4. The van der Waals surface area contributed by atoms with Gasteiger partial charge >= 0.3 is 23.9 Å². The fraction of sp³-hybridized carbons (Fsp3) is 0.867. The average molecular weight is 599 g/mol. The Morgan fingerprint density at radius 1 is 0.390 bits per heavy atom. The number of hydrogen-bond donors (Lipinski definition) is 3. The van der Waals surface area contributed by atoms with Crippen molar-refractivity contribution >= 4 is 23.9 Å². The summed E-state index contributed by atoms with van der Waals surface area (Å²) in [4.78, 5) is 49.8. The van der Waals surface area contributed by atoms with Crippen LogP contribution in [0.2, 0.25) is 0 Å². The second-order valence-electron chi connectivity index (χ2n) is 12.8.